The number of carbonyl (C=O) groups excluding carboxylic acids is 1. The van der Waals surface area contributed by atoms with Crippen LogP contribution in [0.2, 0.25) is 0 Å². The predicted octanol–water partition coefficient (Wildman–Crippen LogP) is 1.92. The Kier molecular flexibility index (Phi) is 3.06. The van der Waals surface area contributed by atoms with Crippen LogP contribution in [0.4, 0.5) is 0 Å². The fourth-order valence-electron chi connectivity index (χ4n) is 2.70. The van der Waals surface area contributed by atoms with Crippen molar-refractivity contribution in [3.05, 3.63) is 5.32 Å². The van der Waals surface area contributed by atoms with E-state index in [1.165, 1.54) is 12.8 Å². The van der Waals surface area contributed by atoms with E-state index in [4.69, 9.17) is 0 Å². The minimum atomic E-state index is 0.330. The molecule has 2 atom stereocenters. The van der Waals surface area contributed by atoms with E-state index in [0.717, 1.165) is 25.9 Å². The van der Waals surface area contributed by atoms with Gasteiger partial charge in [-0.3, -0.25) is 4.79 Å². The molecule has 2 heterocycles. The summed E-state index contributed by atoms with van der Waals surface area (Å²) >= 11 is 0. The molecule has 0 radical (unpaired) electrons. The standard InChI is InChI=1S/C11H19N2O/c1-2-11(14)13-9-4-3-5-10(13)8-12-7-6-9/h9-10H,2-8H2,1H3/q-1. The minimum absolute atomic E-state index is 0.330. The van der Waals surface area contributed by atoms with Crippen molar-refractivity contribution in [3.63, 3.8) is 0 Å². The Morgan fingerprint density at radius 1 is 1.36 bits per heavy atom. The molecule has 2 saturated heterocycles. The third-order valence-corrected chi connectivity index (χ3v) is 3.41. The number of rotatable bonds is 1. The molecule has 3 nitrogen and oxygen atoms in total. The van der Waals surface area contributed by atoms with Crippen LogP contribution in [0.25, 0.3) is 5.32 Å². The van der Waals surface area contributed by atoms with E-state index in [0.29, 0.717) is 24.4 Å². The highest BCUT2D eigenvalue weighted by Crippen LogP contribution is 2.29. The average Bonchev–Trinajstić information content (AvgIpc) is 2.33. The highest BCUT2D eigenvalue weighted by atomic mass is 16.2. The summed E-state index contributed by atoms with van der Waals surface area (Å²) in [6.07, 6.45) is 5.36. The normalized spacial score (nSPS) is 32.5. The van der Waals surface area contributed by atoms with Gasteiger partial charge in [-0.25, -0.2) is 0 Å². The van der Waals surface area contributed by atoms with Gasteiger partial charge in [0, 0.05) is 18.5 Å². The third-order valence-electron chi connectivity index (χ3n) is 3.41. The molecule has 14 heavy (non-hydrogen) atoms. The Morgan fingerprint density at radius 3 is 2.93 bits per heavy atom. The van der Waals surface area contributed by atoms with Crippen LogP contribution < -0.4 is 0 Å². The first kappa shape index (κ1) is 9.97. The number of hydrogen-bond acceptors (Lipinski definition) is 1. The first-order valence-corrected chi connectivity index (χ1v) is 5.77. The molecule has 2 unspecified atom stereocenters. The second-order valence-corrected chi connectivity index (χ2v) is 4.31. The number of carbonyl (C=O) groups is 1. The van der Waals surface area contributed by atoms with Crippen molar-refractivity contribution in [3.8, 4) is 0 Å². The lowest BCUT2D eigenvalue weighted by Crippen LogP contribution is -2.50. The van der Waals surface area contributed by atoms with E-state index in [2.05, 4.69) is 10.2 Å². The van der Waals surface area contributed by atoms with Crippen molar-refractivity contribution in [2.45, 2.75) is 51.1 Å². The van der Waals surface area contributed by atoms with Crippen LogP contribution in [0.1, 0.15) is 39.0 Å². The molecule has 2 aliphatic heterocycles. The van der Waals surface area contributed by atoms with Gasteiger partial charge < -0.3 is 10.2 Å². The van der Waals surface area contributed by atoms with Gasteiger partial charge in [0.05, 0.1) is 0 Å². The molecule has 0 spiro atoms. The first-order valence-electron chi connectivity index (χ1n) is 5.77. The monoisotopic (exact) mass is 195 g/mol. The van der Waals surface area contributed by atoms with E-state index in [9.17, 15) is 4.79 Å². The molecule has 1 amide bonds. The summed E-state index contributed by atoms with van der Waals surface area (Å²) in [4.78, 5) is 14.0. The summed E-state index contributed by atoms with van der Waals surface area (Å²) in [6.45, 7) is 3.79. The lowest BCUT2D eigenvalue weighted by molar-refractivity contribution is -0.137. The van der Waals surface area contributed by atoms with Crippen LogP contribution in [0, 0.1) is 0 Å². The van der Waals surface area contributed by atoms with E-state index in [-0.39, 0.29) is 0 Å². The quantitative estimate of drug-likeness (QED) is 0.629. The van der Waals surface area contributed by atoms with Gasteiger partial charge >= 0.3 is 0 Å². The summed E-state index contributed by atoms with van der Waals surface area (Å²) in [5.41, 5.74) is 0. The van der Waals surface area contributed by atoms with Gasteiger partial charge in [0.2, 0.25) is 5.91 Å². The summed E-state index contributed by atoms with van der Waals surface area (Å²) in [5, 5.41) is 4.49. The van der Waals surface area contributed by atoms with Gasteiger partial charge in [0.25, 0.3) is 0 Å². The molecule has 3 heteroatoms. The smallest absolute Gasteiger partial charge is 0.222 e. The average molecular weight is 195 g/mol. The molecule has 0 aromatic carbocycles. The van der Waals surface area contributed by atoms with Gasteiger partial charge in [0.15, 0.2) is 0 Å². The van der Waals surface area contributed by atoms with E-state index >= 15 is 0 Å². The van der Waals surface area contributed by atoms with Crippen molar-refractivity contribution in [1.82, 2.24) is 4.90 Å². The maximum Gasteiger partial charge on any atom is 0.222 e. The number of piperidine rings is 1. The molecular weight excluding hydrogens is 176 g/mol. The molecule has 2 aliphatic rings. The second kappa shape index (κ2) is 4.30. The lowest BCUT2D eigenvalue weighted by atomic mass is 9.94. The molecule has 2 fully saturated rings. The predicted molar refractivity (Wildman–Crippen MR) is 56.3 cm³/mol. The number of hydrogen-bond donors (Lipinski definition) is 0. The van der Waals surface area contributed by atoms with Crippen LogP contribution in [-0.2, 0) is 4.79 Å². The van der Waals surface area contributed by atoms with Crippen molar-refractivity contribution in [2.24, 2.45) is 0 Å². The van der Waals surface area contributed by atoms with E-state index in [1.54, 1.807) is 0 Å². The number of fused-ring (bicyclic) bond motifs is 2. The fourth-order valence-corrected chi connectivity index (χ4v) is 2.70. The topological polar surface area (TPSA) is 34.4 Å². The lowest BCUT2D eigenvalue weighted by Gasteiger charge is -2.42. The highest BCUT2D eigenvalue weighted by Gasteiger charge is 2.31. The van der Waals surface area contributed by atoms with Crippen LogP contribution >= 0.6 is 0 Å². The summed E-state index contributed by atoms with van der Waals surface area (Å²) in [6, 6.07) is 0.913. The molecule has 0 aliphatic carbocycles. The van der Waals surface area contributed by atoms with Crippen molar-refractivity contribution >= 4 is 5.91 Å². The Bertz CT molecular complexity index is 203. The largest absolute Gasteiger partial charge is 0.661 e. The van der Waals surface area contributed by atoms with Crippen LogP contribution in [0.15, 0.2) is 0 Å². The third kappa shape index (κ3) is 1.78. The Hall–Kier alpha value is -0.570. The molecule has 0 aromatic heterocycles. The zero-order valence-corrected chi connectivity index (χ0v) is 8.91. The van der Waals surface area contributed by atoms with Gasteiger partial charge in [-0.15, -0.1) is 13.1 Å². The number of amides is 1. The maximum atomic E-state index is 11.8. The molecule has 2 bridgehead atoms. The van der Waals surface area contributed by atoms with Crippen LogP contribution in [-0.4, -0.2) is 36.0 Å². The maximum absolute atomic E-state index is 11.8. The van der Waals surface area contributed by atoms with Gasteiger partial charge in [0.1, 0.15) is 0 Å². The van der Waals surface area contributed by atoms with Crippen molar-refractivity contribution < 1.29 is 4.79 Å². The zero-order chi connectivity index (χ0) is 9.97. The Labute approximate surface area is 85.8 Å². The molecule has 0 aromatic rings. The molecular formula is C11H19N2O-. The Morgan fingerprint density at radius 2 is 2.14 bits per heavy atom. The summed E-state index contributed by atoms with van der Waals surface area (Å²) < 4.78 is 0. The van der Waals surface area contributed by atoms with Crippen molar-refractivity contribution in [2.75, 3.05) is 13.1 Å². The summed E-state index contributed by atoms with van der Waals surface area (Å²) in [5.74, 6) is 0.330. The second-order valence-electron chi connectivity index (χ2n) is 4.31. The van der Waals surface area contributed by atoms with Crippen LogP contribution in [0.5, 0.6) is 0 Å². The number of nitrogens with zero attached hydrogens (tertiary/aromatic N) is 2. The molecule has 0 N–H and O–H groups in total. The molecule has 80 valence electrons. The van der Waals surface area contributed by atoms with Crippen molar-refractivity contribution in [1.29, 1.82) is 0 Å². The first-order chi connectivity index (χ1) is 6.83. The minimum Gasteiger partial charge on any atom is -0.661 e. The SMILES string of the molecule is CCC(=O)N1C2CCCC1C[N-]CC2. The van der Waals surface area contributed by atoms with Gasteiger partial charge in [-0.2, -0.15) is 0 Å². The Balaban J connectivity index is 2.14. The molecule has 2 rings (SSSR count). The fraction of sp³-hybridized carbons (Fsp3) is 0.909. The van der Waals surface area contributed by atoms with E-state index < -0.39 is 0 Å². The molecule has 0 saturated carbocycles. The van der Waals surface area contributed by atoms with Gasteiger partial charge in [-0.1, -0.05) is 13.3 Å². The zero-order valence-electron chi connectivity index (χ0n) is 8.91. The summed E-state index contributed by atoms with van der Waals surface area (Å²) in [7, 11) is 0. The van der Waals surface area contributed by atoms with E-state index in [1.807, 2.05) is 6.92 Å². The van der Waals surface area contributed by atoms with Crippen LogP contribution in [0.3, 0.4) is 0 Å². The van der Waals surface area contributed by atoms with Gasteiger partial charge in [-0.05, 0) is 19.3 Å². The highest BCUT2D eigenvalue weighted by molar-refractivity contribution is 5.76.